The minimum Gasteiger partial charge on any atom is -0.392 e. The van der Waals surface area contributed by atoms with Gasteiger partial charge in [0.2, 0.25) is 10.0 Å². The lowest BCUT2D eigenvalue weighted by molar-refractivity contribution is 0.258. The van der Waals surface area contributed by atoms with Crippen LogP contribution in [-0.2, 0) is 36.3 Å². The van der Waals surface area contributed by atoms with Gasteiger partial charge in [-0.1, -0.05) is 17.7 Å². The fraction of sp³-hybridized carbons (Fsp3) is 0.368. The summed E-state index contributed by atoms with van der Waals surface area (Å²) in [5, 5.41) is 19.3. The molecule has 5 nitrogen and oxygen atoms in total. The molecule has 2 aromatic carbocycles. The Labute approximate surface area is 148 Å². The molecule has 0 saturated carbocycles. The third-order valence-corrected chi connectivity index (χ3v) is 6.99. The highest BCUT2D eigenvalue weighted by molar-refractivity contribution is 7.89. The molecule has 0 saturated heterocycles. The van der Waals surface area contributed by atoms with Crippen molar-refractivity contribution < 1.29 is 18.6 Å². The van der Waals surface area contributed by atoms with Crippen molar-refractivity contribution in [3.63, 3.8) is 0 Å². The van der Waals surface area contributed by atoms with E-state index < -0.39 is 10.0 Å². The first-order chi connectivity index (χ1) is 11.8. The van der Waals surface area contributed by atoms with Crippen molar-refractivity contribution >= 4 is 10.0 Å². The SMILES string of the molecule is Cc1ccc(S(=O)(=O)N2Cc3c(C)c(CO)c(CO)c(C)c3C2)cc1. The molecule has 134 valence electrons. The normalized spacial score (nSPS) is 14.8. The van der Waals surface area contributed by atoms with Crippen LogP contribution in [0.4, 0.5) is 0 Å². The minimum atomic E-state index is -3.59. The fourth-order valence-electron chi connectivity index (χ4n) is 3.56. The molecule has 0 amide bonds. The van der Waals surface area contributed by atoms with Crippen molar-refractivity contribution in [2.24, 2.45) is 0 Å². The number of rotatable bonds is 4. The second-order valence-electron chi connectivity index (χ2n) is 6.57. The minimum absolute atomic E-state index is 0.166. The van der Waals surface area contributed by atoms with Gasteiger partial charge in [-0.15, -0.1) is 0 Å². The quantitative estimate of drug-likeness (QED) is 0.876. The molecule has 0 aromatic heterocycles. The standard InChI is InChI=1S/C19H23NO4S/c1-12-4-6-15(7-5-12)25(23,24)20-8-16-13(2)18(10-21)19(11-22)14(3)17(16)9-20/h4-7,21-22H,8-11H2,1-3H3. The van der Waals surface area contributed by atoms with Gasteiger partial charge >= 0.3 is 0 Å². The van der Waals surface area contributed by atoms with Gasteiger partial charge in [-0.05, 0) is 66.3 Å². The number of fused-ring (bicyclic) bond motifs is 1. The van der Waals surface area contributed by atoms with Crippen molar-refractivity contribution in [1.82, 2.24) is 4.31 Å². The average molecular weight is 361 g/mol. The molecular formula is C19H23NO4S. The van der Waals surface area contributed by atoms with Gasteiger partial charge in [-0.3, -0.25) is 0 Å². The van der Waals surface area contributed by atoms with Crippen molar-refractivity contribution in [2.45, 2.75) is 52.0 Å². The zero-order valence-electron chi connectivity index (χ0n) is 14.7. The van der Waals surface area contributed by atoms with Crippen LogP contribution in [0.25, 0.3) is 0 Å². The number of aliphatic hydroxyl groups is 2. The van der Waals surface area contributed by atoms with Crippen LogP contribution < -0.4 is 0 Å². The number of benzene rings is 2. The summed E-state index contributed by atoms with van der Waals surface area (Å²) in [6, 6.07) is 6.85. The predicted octanol–water partition coefficient (Wildman–Crippen LogP) is 2.30. The Kier molecular flexibility index (Phi) is 4.72. The lowest BCUT2D eigenvalue weighted by Gasteiger charge is -2.17. The second kappa shape index (κ2) is 6.53. The molecule has 6 heteroatoms. The van der Waals surface area contributed by atoms with Crippen LogP contribution in [0.1, 0.15) is 38.9 Å². The Morgan fingerprint density at radius 1 is 0.880 bits per heavy atom. The molecule has 0 atom stereocenters. The van der Waals surface area contributed by atoms with E-state index in [4.69, 9.17) is 0 Å². The Bertz CT molecular complexity index is 879. The highest BCUT2D eigenvalue weighted by Crippen LogP contribution is 2.36. The van der Waals surface area contributed by atoms with Crippen LogP contribution in [0, 0.1) is 20.8 Å². The molecule has 3 rings (SSSR count). The molecule has 0 unspecified atom stereocenters. The summed E-state index contributed by atoms with van der Waals surface area (Å²) in [6.45, 7) is 5.92. The van der Waals surface area contributed by atoms with Gasteiger partial charge in [-0.25, -0.2) is 8.42 Å². The largest absolute Gasteiger partial charge is 0.392 e. The molecule has 0 fully saturated rings. The van der Waals surface area contributed by atoms with Gasteiger partial charge in [0, 0.05) is 13.1 Å². The van der Waals surface area contributed by atoms with E-state index in [9.17, 15) is 18.6 Å². The van der Waals surface area contributed by atoms with E-state index in [0.717, 1.165) is 27.8 Å². The molecule has 1 aliphatic heterocycles. The predicted molar refractivity (Wildman–Crippen MR) is 95.4 cm³/mol. The summed E-state index contributed by atoms with van der Waals surface area (Å²) in [5.41, 5.74) is 6.03. The van der Waals surface area contributed by atoms with Crippen molar-refractivity contribution in [3.05, 3.63) is 63.2 Å². The molecule has 1 heterocycles. The van der Waals surface area contributed by atoms with Gasteiger partial charge < -0.3 is 10.2 Å². The van der Waals surface area contributed by atoms with E-state index >= 15 is 0 Å². The number of hydrogen-bond acceptors (Lipinski definition) is 4. The lowest BCUT2D eigenvalue weighted by Crippen LogP contribution is -2.25. The lowest BCUT2D eigenvalue weighted by atomic mass is 9.89. The summed E-state index contributed by atoms with van der Waals surface area (Å²) in [4.78, 5) is 0.283. The van der Waals surface area contributed by atoms with Gasteiger partial charge in [0.25, 0.3) is 0 Å². The molecule has 0 bridgehead atoms. The van der Waals surface area contributed by atoms with Gasteiger partial charge in [0.05, 0.1) is 18.1 Å². The van der Waals surface area contributed by atoms with E-state index in [0.29, 0.717) is 11.1 Å². The van der Waals surface area contributed by atoms with E-state index in [1.54, 1.807) is 24.3 Å². The number of aryl methyl sites for hydroxylation is 1. The summed E-state index contributed by atoms with van der Waals surface area (Å²) < 4.78 is 27.4. The number of nitrogens with zero attached hydrogens (tertiary/aromatic N) is 1. The van der Waals surface area contributed by atoms with Crippen molar-refractivity contribution in [2.75, 3.05) is 0 Å². The number of sulfonamides is 1. The van der Waals surface area contributed by atoms with E-state index in [1.807, 2.05) is 20.8 Å². The first-order valence-corrected chi connectivity index (χ1v) is 9.66. The van der Waals surface area contributed by atoms with Crippen LogP contribution in [0.2, 0.25) is 0 Å². The molecule has 2 N–H and O–H groups in total. The summed E-state index contributed by atoms with van der Waals surface area (Å²) in [7, 11) is -3.59. The Morgan fingerprint density at radius 2 is 1.32 bits per heavy atom. The first-order valence-electron chi connectivity index (χ1n) is 8.22. The molecular weight excluding hydrogens is 338 g/mol. The molecule has 1 aliphatic rings. The second-order valence-corrected chi connectivity index (χ2v) is 8.50. The maximum Gasteiger partial charge on any atom is 0.243 e. The van der Waals surface area contributed by atoms with Crippen LogP contribution in [0.5, 0.6) is 0 Å². The summed E-state index contributed by atoms with van der Waals surface area (Å²) in [5.74, 6) is 0. The average Bonchev–Trinajstić information content (AvgIpc) is 3.05. The Balaban J connectivity index is 2.05. The van der Waals surface area contributed by atoms with Crippen molar-refractivity contribution in [3.8, 4) is 0 Å². The van der Waals surface area contributed by atoms with Crippen molar-refractivity contribution in [1.29, 1.82) is 0 Å². The van der Waals surface area contributed by atoms with Crippen LogP contribution in [0.15, 0.2) is 29.2 Å². The number of hydrogen-bond donors (Lipinski definition) is 2. The monoisotopic (exact) mass is 361 g/mol. The highest BCUT2D eigenvalue weighted by atomic mass is 32.2. The Morgan fingerprint density at radius 3 is 1.72 bits per heavy atom. The van der Waals surface area contributed by atoms with E-state index in [1.165, 1.54) is 4.31 Å². The first kappa shape index (κ1) is 18.1. The summed E-state index contributed by atoms with van der Waals surface area (Å²) >= 11 is 0. The zero-order valence-corrected chi connectivity index (χ0v) is 15.5. The van der Waals surface area contributed by atoms with Gasteiger partial charge in [0.15, 0.2) is 0 Å². The van der Waals surface area contributed by atoms with Gasteiger partial charge in [-0.2, -0.15) is 4.31 Å². The van der Waals surface area contributed by atoms with Crippen LogP contribution >= 0.6 is 0 Å². The Hall–Kier alpha value is -1.73. The smallest absolute Gasteiger partial charge is 0.243 e. The highest BCUT2D eigenvalue weighted by Gasteiger charge is 2.34. The van der Waals surface area contributed by atoms with Crippen LogP contribution in [-0.4, -0.2) is 22.9 Å². The third-order valence-electron chi connectivity index (χ3n) is 5.18. The third kappa shape index (κ3) is 2.89. The molecule has 0 spiro atoms. The molecule has 25 heavy (non-hydrogen) atoms. The topological polar surface area (TPSA) is 77.8 Å². The van der Waals surface area contributed by atoms with E-state index in [2.05, 4.69) is 0 Å². The maximum absolute atomic E-state index is 13.0. The molecule has 0 radical (unpaired) electrons. The van der Waals surface area contributed by atoms with E-state index in [-0.39, 0.29) is 31.2 Å². The molecule has 0 aliphatic carbocycles. The maximum atomic E-state index is 13.0. The van der Waals surface area contributed by atoms with Crippen LogP contribution in [0.3, 0.4) is 0 Å². The molecule has 2 aromatic rings. The van der Waals surface area contributed by atoms with Gasteiger partial charge in [0.1, 0.15) is 0 Å². The fourth-order valence-corrected chi connectivity index (χ4v) is 4.94. The number of aliphatic hydroxyl groups excluding tert-OH is 2. The zero-order chi connectivity index (χ0) is 18.4. The summed E-state index contributed by atoms with van der Waals surface area (Å²) in [6.07, 6.45) is 0.